The smallest absolute Gasteiger partial charge is 0.0809 e. The van der Waals surface area contributed by atoms with Gasteiger partial charge in [0.2, 0.25) is 0 Å². The summed E-state index contributed by atoms with van der Waals surface area (Å²) in [5, 5.41) is 22.3. The monoisotopic (exact) mass is 343 g/mol. The highest BCUT2D eigenvalue weighted by molar-refractivity contribution is 7.99. The summed E-state index contributed by atoms with van der Waals surface area (Å²) in [6.07, 6.45) is -0.413. The first-order chi connectivity index (χ1) is 11.5. The van der Waals surface area contributed by atoms with Gasteiger partial charge >= 0.3 is 0 Å². The fraction of sp³-hybridized carbons (Fsp3) is 0.400. The van der Waals surface area contributed by atoms with Gasteiger partial charge in [-0.1, -0.05) is 50.2 Å². The number of rotatable bonds is 7. The Morgan fingerprint density at radius 3 is 2.08 bits per heavy atom. The van der Waals surface area contributed by atoms with Gasteiger partial charge < -0.3 is 14.8 Å². The Morgan fingerprint density at radius 2 is 1.54 bits per heavy atom. The first kappa shape index (κ1) is 17.3. The average molecular weight is 343 g/mol. The van der Waals surface area contributed by atoms with Crippen molar-refractivity contribution in [3.63, 3.8) is 0 Å². The maximum absolute atomic E-state index is 10.5. The molecule has 0 aliphatic rings. The van der Waals surface area contributed by atoms with Crippen molar-refractivity contribution in [2.45, 2.75) is 26.5 Å². The lowest BCUT2D eigenvalue weighted by Gasteiger charge is -2.22. The third-order valence-electron chi connectivity index (χ3n) is 4.30. The number of thioether (sulfide) groups is 1. The van der Waals surface area contributed by atoms with Gasteiger partial charge in [0.15, 0.2) is 0 Å². The van der Waals surface area contributed by atoms with E-state index in [9.17, 15) is 10.2 Å². The maximum atomic E-state index is 10.5. The minimum atomic E-state index is -0.413. The van der Waals surface area contributed by atoms with Crippen LogP contribution in [0.15, 0.2) is 48.5 Å². The maximum Gasteiger partial charge on any atom is 0.0809 e. The Balaban J connectivity index is 1.79. The molecule has 0 aliphatic carbocycles. The molecule has 0 saturated carbocycles. The van der Waals surface area contributed by atoms with Crippen LogP contribution in [0.4, 0.5) is 0 Å². The molecular formula is C20H25NO2S. The topological polar surface area (TPSA) is 45.4 Å². The van der Waals surface area contributed by atoms with Crippen LogP contribution in [-0.4, -0.2) is 39.0 Å². The Bertz CT molecular complexity index is 771. The van der Waals surface area contributed by atoms with Crippen LogP contribution >= 0.6 is 11.8 Å². The predicted octanol–water partition coefficient (Wildman–Crippen LogP) is 3.91. The van der Waals surface area contributed by atoms with E-state index in [-0.39, 0.29) is 12.0 Å². The van der Waals surface area contributed by atoms with Gasteiger partial charge in [0.1, 0.15) is 0 Å². The number of aliphatic hydroxyl groups excluding tert-OH is 2. The molecule has 3 aromatic rings. The van der Waals surface area contributed by atoms with Gasteiger partial charge in [-0.25, -0.2) is 0 Å². The van der Waals surface area contributed by atoms with Crippen molar-refractivity contribution in [3.8, 4) is 0 Å². The molecule has 4 heteroatoms. The number of fused-ring (bicyclic) bond motifs is 3. The number of hydrogen-bond acceptors (Lipinski definition) is 3. The Kier molecular flexibility index (Phi) is 5.18. The SMILES string of the molecule is CC(C)(CO)CSCC(O)Cn1c2ccccc2c2ccccc21. The second-order valence-electron chi connectivity index (χ2n) is 7.14. The van der Waals surface area contributed by atoms with E-state index in [0.29, 0.717) is 12.3 Å². The van der Waals surface area contributed by atoms with Crippen molar-refractivity contribution in [3.05, 3.63) is 48.5 Å². The number of aromatic nitrogens is 1. The molecule has 0 aliphatic heterocycles. The molecule has 2 aromatic carbocycles. The molecular weight excluding hydrogens is 318 g/mol. The van der Waals surface area contributed by atoms with Gasteiger partial charge in [-0.2, -0.15) is 11.8 Å². The van der Waals surface area contributed by atoms with Crippen LogP contribution in [0.1, 0.15) is 13.8 Å². The molecule has 0 saturated heterocycles. The van der Waals surface area contributed by atoms with Crippen LogP contribution in [0, 0.1) is 5.41 Å². The number of hydrogen-bond donors (Lipinski definition) is 2. The molecule has 0 amide bonds. The molecule has 1 aromatic heterocycles. The van der Waals surface area contributed by atoms with Crippen LogP contribution in [0.5, 0.6) is 0 Å². The zero-order valence-corrected chi connectivity index (χ0v) is 15.1. The van der Waals surface area contributed by atoms with Gasteiger partial charge in [-0.15, -0.1) is 0 Å². The lowest BCUT2D eigenvalue weighted by molar-refractivity contribution is 0.176. The minimum absolute atomic E-state index is 0.1000. The predicted molar refractivity (Wildman–Crippen MR) is 104 cm³/mol. The van der Waals surface area contributed by atoms with Gasteiger partial charge in [-0.05, 0) is 17.5 Å². The summed E-state index contributed by atoms with van der Waals surface area (Å²) in [5.74, 6) is 1.51. The van der Waals surface area contributed by atoms with E-state index in [2.05, 4.69) is 41.0 Å². The highest BCUT2D eigenvalue weighted by Gasteiger charge is 2.18. The number of benzene rings is 2. The van der Waals surface area contributed by atoms with Crippen LogP contribution in [0.3, 0.4) is 0 Å². The zero-order valence-electron chi connectivity index (χ0n) is 14.3. The molecule has 1 unspecified atom stereocenters. The van der Waals surface area contributed by atoms with Crippen LogP contribution < -0.4 is 0 Å². The van der Waals surface area contributed by atoms with Crippen molar-refractivity contribution in [1.29, 1.82) is 0 Å². The fourth-order valence-electron chi connectivity index (χ4n) is 2.98. The van der Waals surface area contributed by atoms with Crippen LogP contribution in [-0.2, 0) is 6.54 Å². The summed E-state index contributed by atoms with van der Waals surface area (Å²) in [6, 6.07) is 16.7. The first-order valence-corrected chi connectivity index (χ1v) is 9.50. The standard InChI is InChI=1S/C20H25NO2S/c1-20(2,13-22)14-24-12-15(23)11-21-18-9-5-3-7-16(18)17-8-4-6-10-19(17)21/h3-10,15,22-23H,11-14H2,1-2H3. The first-order valence-electron chi connectivity index (χ1n) is 8.34. The third-order valence-corrected chi connectivity index (χ3v) is 5.91. The molecule has 1 atom stereocenters. The number of nitrogens with zero attached hydrogens (tertiary/aromatic N) is 1. The van der Waals surface area contributed by atoms with Crippen molar-refractivity contribution in [2.75, 3.05) is 18.1 Å². The zero-order chi connectivity index (χ0) is 17.2. The van der Waals surface area contributed by atoms with E-state index < -0.39 is 6.10 Å². The summed E-state index contributed by atoms with van der Waals surface area (Å²) in [6.45, 7) is 4.84. The van der Waals surface area contributed by atoms with Crippen molar-refractivity contribution >= 4 is 33.6 Å². The van der Waals surface area contributed by atoms with E-state index in [1.54, 1.807) is 11.8 Å². The molecule has 0 bridgehead atoms. The molecule has 0 spiro atoms. The lowest BCUT2D eigenvalue weighted by Crippen LogP contribution is -2.23. The molecule has 2 N–H and O–H groups in total. The molecule has 128 valence electrons. The summed E-state index contributed by atoms with van der Waals surface area (Å²) >= 11 is 1.70. The quantitative estimate of drug-likeness (QED) is 0.684. The molecule has 3 nitrogen and oxygen atoms in total. The summed E-state index contributed by atoms with van der Waals surface area (Å²) < 4.78 is 2.22. The van der Waals surface area contributed by atoms with Gasteiger partial charge in [0.05, 0.1) is 6.10 Å². The van der Waals surface area contributed by atoms with E-state index in [0.717, 1.165) is 5.75 Å². The molecule has 3 rings (SSSR count). The van der Waals surface area contributed by atoms with Crippen molar-refractivity contribution < 1.29 is 10.2 Å². The summed E-state index contributed by atoms with van der Waals surface area (Å²) in [7, 11) is 0. The highest BCUT2D eigenvalue weighted by atomic mass is 32.2. The van der Waals surface area contributed by atoms with E-state index in [4.69, 9.17) is 0 Å². The highest BCUT2D eigenvalue weighted by Crippen LogP contribution is 2.29. The Morgan fingerprint density at radius 1 is 1.00 bits per heavy atom. The average Bonchev–Trinajstić information content (AvgIpc) is 2.89. The van der Waals surface area contributed by atoms with Crippen molar-refractivity contribution in [2.24, 2.45) is 5.41 Å². The van der Waals surface area contributed by atoms with Gasteiger partial charge in [0.25, 0.3) is 0 Å². The van der Waals surface area contributed by atoms with Crippen LogP contribution in [0.25, 0.3) is 21.8 Å². The minimum Gasteiger partial charge on any atom is -0.396 e. The molecule has 0 radical (unpaired) electrons. The third kappa shape index (κ3) is 3.61. The second-order valence-corrected chi connectivity index (χ2v) is 8.17. The van der Waals surface area contributed by atoms with E-state index >= 15 is 0 Å². The summed E-state index contributed by atoms with van der Waals surface area (Å²) in [4.78, 5) is 0. The fourth-order valence-corrected chi connectivity index (χ4v) is 4.12. The van der Waals surface area contributed by atoms with Gasteiger partial charge in [0, 0.05) is 46.5 Å². The molecule has 0 fully saturated rings. The lowest BCUT2D eigenvalue weighted by atomic mass is 9.98. The van der Waals surface area contributed by atoms with E-state index in [1.807, 2.05) is 26.0 Å². The number of aliphatic hydroxyl groups is 2. The van der Waals surface area contributed by atoms with Gasteiger partial charge in [-0.3, -0.25) is 0 Å². The molecule has 24 heavy (non-hydrogen) atoms. The molecule has 1 heterocycles. The second kappa shape index (κ2) is 7.18. The Labute approximate surface area is 147 Å². The normalized spacial score (nSPS) is 13.7. The number of para-hydroxylation sites is 2. The Hall–Kier alpha value is -1.49. The van der Waals surface area contributed by atoms with E-state index in [1.165, 1.54) is 21.8 Å². The van der Waals surface area contributed by atoms with Crippen LogP contribution in [0.2, 0.25) is 0 Å². The largest absolute Gasteiger partial charge is 0.396 e. The summed E-state index contributed by atoms with van der Waals surface area (Å²) in [5.41, 5.74) is 2.23. The van der Waals surface area contributed by atoms with Crippen molar-refractivity contribution in [1.82, 2.24) is 4.57 Å².